The third kappa shape index (κ3) is 2.98. The fourth-order valence-corrected chi connectivity index (χ4v) is 1.10. The van der Waals surface area contributed by atoms with Crippen molar-refractivity contribution in [2.45, 2.75) is 13.3 Å². The second-order valence-corrected chi connectivity index (χ2v) is 3.11. The van der Waals surface area contributed by atoms with Crippen LogP contribution in [0.15, 0.2) is 24.3 Å². The molecule has 0 aromatic heterocycles. The summed E-state index contributed by atoms with van der Waals surface area (Å²) < 4.78 is 0. The Kier molecular flexibility index (Phi) is 3.28. The van der Waals surface area contributed by atoms with Crippen LogP contribution in [0.1, 0.15) is 23.7 Å². The Morgan fingerprint density at radius 1 is 1.27 bits per heavy atom. The molecule has 5 heteroatoms. The number of Topliss-reactive ketones (excluding diaryl/α,β-unsaturated/α-hetero) is 2. The molecule has 0 saturated heterocycles. The average molecular weight is 207 g/mol. The minimum absolute atomic E-state index is 0.0747. The predicted octanol–water partition coefficient (Wildman–Crippen LogP) is 1.76. The van der Waals surface area contributed by atoms with E-state index in [1.54, 1.807) is 0 Å². The first-order valence-electron chi connectivity index (χ1n) is 4.28. The largest absolute Gasteiger partial charge is 0.300 e. The lowest BCUT2D eigenvalue weighted by molar-refractivity contribution is -0.384. The summed E-state index contributed by atoms with van der Waals surface area (Å²) >= 11 is 0. The van der Waals surface area contributed by atoms with Crippen LogP contribution >= 0.6 is 0 Å². The molecule has 0 aliphatic heterocycles. The van der Waals surface area contributed by atoms with Gasteiger partial charge in [0, 0.05) is 17.7 Å². The van der Waals surface area contributed by atoms with Crippen molar-refractivity contribution < 1.29 is 14.5 Å². The number of ketones is 2. The summed E-state index contributed by atoms with van der Waals surface area (Å²) in [5.74, 6) is -0.546. The number of carbonyl (C=O) groups is 2. The molecule has 0 fully saturated rings. The SMILES string of the molecule is CC(=O)CC(=O)c1ccc([N+](=O)[O-])cc1. The molecule has 0 amide bonds. The summed E-state index contributed by atoms with van der Waals surface area (Å²) in [5.41, 5.74) is 0.241. The van der Waals surface area contributed by atoms with Gasteiger partial charge in [-0.2, -0.15) is 0 Å². The van der Waals surface area contributed by atoms with E-state index in [2.05, 4.69) is 0 Å². The number of nitro benzene ring substituents is 1. The van der Waals surface area contributed by atoms with Crippen molar-refractivity contribution in [3.05, 3.63) is 39.9 Å². The molecule has 5 nitrogen and oxygen atoms in total. The number of nitrogens with zero attached hydrogens (tertiary/aromatic N) is 1. The molecule has 0 N–H and O–H groups in total. The lowest BCUT2D eigenvalue weighted by Gasteiger charge is -1.97. The molecule has 0 aliphatic rings. The topological polar surface area (TPSA) is 77.3 Å². The third-order valence-electron chi connectivity index (χ3n) is 1.81. The van der Waals surface area contributed by atoms with E-state index in [1.165, 1.54) is 31.2 Å². The van der Waals surface area contributed by atoms with E-state index in [4.69, 9.17) is 0 Å². The summed E-state index contributed by atoms with van der Waals surface area (Å²) in [4.78, 5) is 31.8. The third-order valence-corrected chi connectivity index (χ3v) is 1.81. The molecule has 0 atom stereocenters. The Morgan fingerprint density at radius 3 is 2.20 bits per heavy atom. The molecule has 0 aliphatic carbocycles. The molecule has 0 bridgehead atoms. The van der Waals surface area contributed by atoms with Gasteiger partial charge in [-0.3, -0.25) is 19.7 Å². The maximum Gasteiger partial charge on any atom is 0.269 e. The van der Waals surface area contributed by atoms with Crippen molar-refractivity contribution in [2.24, 2.45) is 0 Å². The molecular weight excluding hydrogens is 198 g/mol. The second-order valence-electron chi connectivity index (χ2n) is 3.11. The van der Waals surface area contributed by atoms with E-state index in [0.717, 1.165) is 0 Å². The van der Waals surface area contributed by atoms with Crippen molar-refractivity contribution in [1.82, 2.24) is 0 Å². The predicted molar refractivity (Wildman–Crippen MR) is 52.7 cm³/mol. The lowest BCUT2D eigenvalue weighted by Crippen LogP contribution is -2.04. The number of benzene rings is 1. The molecule has 78 valence electrons. The van der Waals surface area contributed by atoms with Crippen LogP contribution in [-0.4, -0.2) is 16.5 Å². The van der Waals surface area contributed by atoms with Crippen LogP contribution in [0.2, 0.25) is 0 Å². The molecular formula is C10H9NO4. The van der Waals surface area contributed by atoms with Crippen LogP contribution in [0.25, 0.3) is 0 Å². The first-order valence-corrected chi connectivity index (χ1v) is 4.28. The van der Waals surface area contributed by atoms with Crippen LogP contribution < -0.4 is 0 Å². The molecule has 1 rings (SSSR count). The maximum atomic E-state index is 11.3. The van der Waals surface area contributed by atoms with Gasteiger partial charge in [0.2, 0.25) is 0 Å². The summed E-state index contributed by atoms with van der Waals surface area (Å²) in [6.45, 7) is 1.32. The van der Waals surface area contributed by atoms with Crippen molar-refractivity contribution >= 4 is 17.3 Å². The Balaban J connectivity index is 2.84. The van der Waals surface area contributed by atoms with Gasteiger partial charge in [-0.1, -0.05) is 0 Å². The Hall–Kier alpha value is -2.04. The highest BCUT2D eigenvalue weighted by atomic mass is 16.6. The molecule has 0 spiro atoms. The monoisotopic (exact) mass is 207 g/mol. The van der Waals surface area contributed by atoms with Crippen LogP contribution in [0.5, 0.6) is 0 Å². The van der Waals surface area contributed by atoms with Crippen molar-refractivity contribution in [2.75, 3.05) is 0 Å². The fourth-order valence-electron chi connectivity index (χ4n) is 1.10. The summed E-state index contributed by atoms with van der Waals surface area (Å²) in [7, 11) is 0. The molecule has 0 radical (unpaired) electrons. The number of nitro groups is 1. The Bertz CT molecular complexity index is 408. The zero-order valence-corrected chi connectivity index (χ0v) is 8.10. The van der Waals surface area contributed by atoms with E-state index in [-0.39, 0.29) is 23.7 Å². The van der Waals surface area contributed by atoms with Gasteiger partial charge in [0.05, 0.1) is 11.3 Å². The number of hydrogen-bond acceptors (Lipinski definition) is 4. The second kappa shape index (κ2) is 4.45. The van der Waals surface area contributed by atoms with E-state index < -0.39 is 4.92 Å². The summed E-state index contributed by atoms with van der Waals surface area (Å²) in [6.07, 6.45) is -0.169. The highest BCUT2D eigenvalue weighted by Gasteiger charge is 2.10. The number of hydrogen-bond donors (Lipinski definition) is 0. The lowest BCUT2D eigenvalue weighted by atomic mass is 10.1. The molecule has 15 heavy (non-hydrogen) atoms. The molecule has 1 aromatic rings. The Morgan fingerprint density at radius 2 is 1.80 bits per heavy atom. The summed E-state index contributed by atoms with van der Waals surface area (Å²) in [5, 5.41) is 10.3. The number of rotatable bonds is 4. The molecule has 0 heterocycles. The van der Waals surface area contributed by atoms with Gasteiger partial charge in [-0.15, -0.1) is 0 Å². The minimum Gasteiger partial charge on any atom is -0.300 e. The smallest absolute Gasteiger partial charge is 0.269 e. The van der Waals surface area contributed by atoms with Gasteiger partial charge in [-0.25, -0.2) is 0 Å². The van der Waals surface area contributed by atoms with Gasteiger partial charge in [0.25, 0.3) is 5.69 Å². The zero-order chi connectivity index (χ0) is 11.4. The van der Waals surface area contributed by atoms with E-state index in [1.807, 2.05) is 0 Å². The minimum atomic E-state index is -0.542. The van der Waals surface area contributed by atoms with Crippen LogP contribution in [-0.2, 0) is 4.79 Å². The van der Waals surface area contributed by atoms with E-state index >= 15 is 0 Å². The molecule has 0 saturated carbocycles. The van der Waals surface area contributed by atoms with Crippen LogP contribution in [0, 0.1) is 10.1 Å². The quantitative estimate of drug-likeness (QED) is 0.326. The normalized spacial score (nSPS) is 9.67. The van der Waals surface area contributed by atoms with Gasteiger partial charge in [-0.05, 0) is 19.1 Å². The molecule has 1 aromatic carbocycles. The van der Waals surface area contributed by atoms with E-state index in [9.17, 15) is 19.7 Å². The van der Waals surface area contributed by atoms with Crippen molar-refractivity contribution in [3.63, 3.8) is 0 Å². The standard InChI is InChI=1S/C10H9NO4/c1-7(12)6-10(13)8-2-4-9(5-3-8)11(14)15/h2-5H,6H2,1H3. The maximum absolute atomic E-state index is 11.3. The van der Waals surface area contributed by atoms with Gasteiger partial charge < -0.3 is 0 Å². The van der Waals surface area contributed by atoms with Gasteiger partial charge in [0.15, 0.2) is 5.78 Å². The highest BCUT2D eigenvalue weighted by Crippen LogP contribution is 2.13. The molecule has 0 unspecified atom stereocenters. The van der Waals surface area contributed by atoms with Crippen LogP contribution in [0.4, 0.5) is 5.69 Å². The fraction of sp³-hybridized carbons (Fsp3) is 0.200. The van der Waals surface area contributed by atoms with Crippen molar-refractivity contribution in [1.29, 1.82) is 0 Å². The number of carbonyl (C=O) groups excluding carboxylic acids is 2. The van der Waals surface area contributed by atoms with E-state index in [0.29, 0.717) is 5.56 Å². The van der Waals surface area contributed by atoms with Gasteiger partial charge in [0.1, 0.15) is 5.78 Å². The number of non-ortho nitro benzene ring substituents is 1. The summed E-state index contributed by atoms with van der Waals surface area (Å²) in [6, 6.07) is 5.19. The van der Waals surface area contributed by atoms with Gasteiger partial charge >= 0.3 is 0 Å². The first-order chi connectivity index (χ1) is 7.00. The van der Waals surface area contributed by atoms with Crippen LogP contribution in [0.3, 0.4) is 0 Å². The Labute approximate surface area is 85.9 Å². The van der Waals surface area contributed by atoms with Crippen molar-refractivity contribution in [3.8, 4) is 0 Å². The average Bonchev–Trinajstić information content (AvgIpc) is 2.17. The highest BCUT2D eigenvalue weighted by molar-refractivity contribution is 6.07. The zero-order valence-electron chi connectivity index (χ0n) is 8.10. The first kappa shape index (κ1) is 11.0.